The summed E-state index contributed by atoms with van der Waals surface area (Å²) in [4.78, 5) is 14.1. The molecule has 0 fully saturated rings. The van der Waals surface area contributed by atoms with E-state index in [1.54, 1.807) is 12.1 Å². The molecule has 0 aliphatic rings. The monoisotopic (exact) mass is 393 g/mol. The molecule has 1 heterocycles. The average molecular weight is 393 g/mol. The van der Waals surface area contributed by atoms with Crippen LogP contribution in [0.4, 0.5) is 18.9 Å². The van der Waals surface area contributed by atoms with Crippen LogP contribution in [0.5, 0.6) is 0 Å². The van der Waals surface area contributed by atoms with Crippen molar-refractivity contribution in [2.24, 2.45) is 0 Å². The number of carbonyl (C=O) groups excluding carboxylic acids is 1. The number of tetrazole rings is 1. The molecule has 1 N–H and O–H groups in total. The summed E-state index contributed by atoms with van der Waals surface area (Å²) in [7, 11) is 0. The van der Waals surface area contributed by atoms with Crippen LogP contribution in [0.25, 0.3) is 11.4 Å². The third-order valence-electron chi connectivity index (χ3n) is 3.57. The number of alkyl halides is 3. The normalized spacial score (nSPS) is 11.4. The van der Waals surface area contributed by atoms with Crippen molar-refractivity contribution in [3.8, 4) is 11.4 Å². The zero-order valence-corrected chi connectivity index (χ0v) is 14.9. The molecule has 0 atom stereocenters. The molecule has 2 aromatic carbocycles. The number of thioether (sulfide) groups is 1. The summed E-state index contributed by atoms with van der Waals surface area (Å²) in [5.74, 6) is -0.358. The Bertz CT molecular complexity index is 957. The number of hydrogen-bond acceptors (Lipinski definition) is 5. The summed E-state index contributed by atoms with van der Waals surface area (Å²) in [6.07, 6.45) is -2.57. The Balaban J connectivity index is 1.72. The molecule has 3 rings (SSSR count). The molecule has 0 radical (unpaired) electrons. The molecule has 10 heteroatoms. The van der Waals surface area contributed by atoms with E-state index in [2.05, 4.69) is 20.7 Å². The van der Waals surface area contributed by atoms with Crippen LogP contribution in [-0.4, -0.2) is 32.4 Å². The minimum absolute atomic E-state index is 0.0124. The van der Waals surface area contributed by atoms with E-state index in [-0.39, 0.29) is 23.8 Å². The third-order valence-corrected chi connectivity index (χ3v) is 4.36. The van der Waals surface area contributed by atoms with E-state index < -0.39 is 11.7 Å². The highest BCUT2D eigenvalue weighted by Gasteiger charge is 2.30. The summed E-state index contributed by atoms with van der Waals surface area (Å²) >= 11 is 1.49. The summed E-state index contributed by atoms with van der Waals surface area (Å²) in [6.45, 7) is -0.214. The maximum atomic E-state index is 12.8. The molecular weight excluding hydrogens is 379 g/mol. The van der Waals surface area contributed by atoms with Crippen LogP contribution in [-0.2, 0) is 17.5 Å². The minimum Gasteiger partial charge on any atom is -0.323 e. The van der Waals surface area contributed by atoms with Crippen LogP contribution in [0.3, 0.4) is 0 Å². The van der Waals surface area contributed by atoms with Crippen LogP contribution < -0.4 is 5.32 Å². The van der Waals surface area contributed by atoms with Crippen molar-refractivity contribution in [1.82, 2.24) is 20.2 Å². The Labute approximate surface area is 156 Å². The summed E-state index contributed by atoms with van der Waals surface area (Å²) in [5.41, 5.74) is 0.0280. The van der Waals surface area contributed by atoms with Crippen LogP contribution in [0.15, 0.2) is 53.4 Å². The summed E-state index contributed by atoms with van der Waals surface area (Å²) in [5, 5.41) is 14.2. The van der Waals surface area contributed by atoms with Crippen molar-refractivity contribution in [2.75, 3.05) is 11.6 Å². The summed E-state index contributed by atoms with van der Waals surface area (Å²) in [6, 6.07) is 11.9. The zero-order valence-electron chi connectivity index (χ0n) is 14.1. The number of benzene rings is 2. The smallest absolute Gasteiger partial charge is 0.323 e. The third kappa shape index (κ3) is 4.64. The summed E-state index contributed by atoms with van der Waals surface area (Å²) < 4.78 is 38.4. The fraction of sp³-hybridized carbons (Fsp3) is 0.176. The van der Waals surface area contributed by atoms with Crippen molar-refractivity contribution < 1.29 is 18.0 Å². The van der Waals surface area contributed by atoms with Gasteiger partial charge in [0.2, 0.25) is 11.7 Å². The fourth-order valence-corrected chi connectivity index (χ4v) is 2.88. The number of aromatic nitrogens is 4. The first kappa shape index (κ1) is 18.9. The van der Waals surface area contributed by atoms with Gasteiger partial charge in [-0.05, 0) is 35.7 Å². The predicted molar refractivity (Wildman–Crippen MR) is 95.1 cm³/mol. The van der Waals surface area contributed by atoms with Gasteiger partial charge >= 0.3 is 6.18 Å². The number of carbonyl (C=O) groups is 1. The number of anilines is 1. The maximum absolute atomic E-state index is 12.8. The average Bonchev–Trinajstić information content (AvgIpc) is 3.10. The van der Waals surface area contributed by atoms with E-state index >= 15 is 0 Å². The van der Waals surface area contributed by atoms with E-state index in [1.807, 2.05) is 18.4 Å². The molecule has 0 aliphatic heterocycles. The lowest BCUT2D eigenvalue weighted by molar-refractivity contribution is -0.137. The number of halogens is 3. The number of nitrogens with zero attached hydrogens (tertiary/aromatic N) is 4. The van der Waals surface area contributed by atoms with Gasteiger partial charge < -0.3 is 5.32 Å². The Morgan fingerprint density at radius 3 is 2.70 bits per heavy atom. The van der Waals surface area contributed by atoms with E-state index in [0.717, 1.165) is 21.8 Å². The lowest BCUT2D eigenvalue weighted by Gasteiger charge is -2.08. The van der Waals surface area contributed by atoms with Gasteiger partial charge in [0, 0.05) is 10.5 Å². The van der Waals surface area contributed by atoms with Crippen molar-refractivity contribution in [3.05, 3.63) is 54.1 Å². The molecule has 1 aromatic heterocycles. The molecule has 3 aromatic rings. The van der Waals surface area contributed by atoms with Gasteiger partial charge in [0.05, 0.1) is 11.3 Å². The standard InChI is InChI=1S/C17H14F3N5OS/c1-27-14-8-3-2-7-13(14)21-15(26)10-25-23-16(22-24-25)11-5-4-6-12(9-11)17(18,19)20/h2-9H,10H2,1H3,(H,21,26). The Morgan fingerprint density at radius 2 is 1.96 bits per heavy atom. The molecule has 0 saturated heterocycles. The van der Waals surface area contributed by atoms with E-state index in [0.29, 0.717) is 5.69 Å². The van der Waals surface area contributed by atoms with Crippen molar-refractivity contribution in [3.63, 3.8) is 0 Å². The van der Waals surface area contributed by atoms with Crippen LogP contribution in [0, 0.1) is 0 Å². The van der Waals surface area contributed by atoms with Crippen molar-refractivity contribution >= 4 is 23.4 Å². The molecule has 0 spiro atoms. The van der Waals surface area contributed by atoms with Crippen LogP contribution in [0.2, 0.25) is 0 Å². The van der Waals surface area contributed by atoms with E-state index in [9.17, 15) is 18.0 Å². The van der Waals surface area contributed by atoms with E-state index in [4.69, 9.17) is 0 Å². The van der Waals surface area contributed by atoms with Gasteiger partial charge in [-0.2, -0.15) is 18.0 Å². The maximum Gasteiger partial charge on any atom is 0.416 e. The first-order valence-corrected chi connectivity index (χ1v) is 8.97. The Kier molecular flexibility index (Phi) is 5.45. The van der Waals surface area contributed by atoms with Gasteiger partial charge in [-0.25, -0.2) is 0 Å². The highest BCUT2D eigenvalue weighted by molar-refractivity contribution is 7.98. The lowest BCUT2D eigenvalue weighted by Crippen LogP contribution is -2.20. The van der Waals surface area contributed by atoms with Gasteiger partial charge in [-0.15, -0.1) is 22.0 Å². The minimum atomic E-state index is -4.46. The second kappa shape index (κ2) is 7.78. The van der Waals surface area contributed by atoms with Gasteiger partial charge in [0.15, 0.2) is 0 Å². The van der Waals surface area contributed by atoms with Gasteiger partial charge in [-0.3, -0.25) is 4.79 Å². The molecule has 0 unspecified atom stereocenters. The first-order chi connectivity index (χ1) is 12.9. The highest BCUT2D eigenvalue weighted by Crippen LogP contribution is 2.31. The number of hydrogen-bond donors (Lipinski definition) is 1. The fourth-order valence-electron chi connectivity index (χ4n) is 2.33. The number of rotatable bonds is 5. The molecule has 27 heavy (non-hydrogen) atoms. The Hall–Kier alpha value is -2.88. The largest absolute Gasteiger partial charge is 0.416 e. The number of amides is 1. The lowest BCUT2D eigenvalue weighted by atomic mass is 10.1. The van der Waals surface area contributed by atoms with Gasteiger partial charge in [0.1, 0.15) is 6.54 Å². The van der Waals surface area contributed by atoms with Gasteiger partial charge in [0.25, 0.3) is 0 Å². The predicted octanol–water partition coefficient (Wildman–Crippen LogP) is 3.72. The quantitative estimate of drug-likeness (QED) is 0.669. The molecule has 140 valence electrons. The van der Waals surface area contributed by atoms with Crippen LogP contribution in [0.1, 0.15) is 5.56 Å². The van der Waals surface area contributed by atoms with Crippen molar-refractivity contribution in [1.29, 1.82) is 0 Å². The second-order valence-electron chi connectivity index (χ2n) is 5.47. The first-order valence-electron chi connectivity index (χ1n) is 7.75. The number of para-hydroxylation sites is 1. The van der Waals surface area contributed by atoms with Crippen molar-refractivity contribution in [2.45, 2.75) is 17.6 Å². The molecule has 0 saturated carbocycles. The second-order valence-corrected chi connectivity index (χ2v) is 6.32. The molecule has 0 aliphatic carbocycles. The topological polar surface area (TPSA) is 72.7 Å². The molecule has 0 bridgehead atoms. The molecular formula is C17H14F3N5OS. The van der Waals surface area contributed by atoms with E-state index in [1.165, 1.54) is 23.9 Å². The molecule has 6 nitrogen and oxygen atoms in total. The highest BCUT2D eigenvalue weighted by atomic mass is 32.2. The SMILES string of the molecule is CSc1ccccc1NC(=O)Cn1nnc(-c2cccc(C(F)(F)F)c2)n1. The number of nitrogens with one attached hydrogen (secondary N) is 1. The molecule has 1 amide bonds. The Morgan fingerprint density at radius 1 is 1.19 bits per heavy atom. The van der Waals surface area contributed by atoms with Gasteiger partial charge in [-0.1, -0.05) is 24.3 Å². The van der Waals surface area contributed by atoms with Crippen LogP contribution >= 0.6 is 11.8 Å². The zero-order chi connectivity index (χ0) is 19.4.